The van der Waals surface area contributed by atoms with E-state index in [0.717, 1.165) is 22.9 Å². The number of anilines is 1. The molecule has 0 aliphatic carbocycles. The lowest BCUT2D eigenvalue weighted by Crippen LogP contribution is -2.39. The zero-order chi connectivity index (χ0) is 19.9. The van der Waals surface area contributed by atoms with Crippen LogP contribution in [0, 0.1) is 11.3 Å². The SMILES string of the molecule is CN(C)CCN(Cc1cccc2ccccc12)C(=O)Nc1cccc(C#N)c1. The predicted octanol–water partition coefficient (Wildman–Crippen LogP) is 4.31. The number of fused-ring (bicyclic) bond motifs is 1. The molecule has 28 heavy (non-hydrogen) atoms. The lowest BCUT2D eigenvalue weighted by atomic mass is 10.0. The van der Waals surface area contributed by atoms with Gasteiger partial charge in [0.2, 0.25) is 0 Å². The largest absolute Gasteiger partial charge is 0.322 e. The van der Waals surface area contributed by atoms with E-state index in [9.17, 15) is 4.79 Å². The van der Waals surface area contributed by atoms with Crippen molar-refractivity contribution in [3.63, 3.8) is 0 Å². The topological polar surface area (TPSA) is 59.4 Å². The molecule has 0 atom stereocenters. The van der Waals surface area contributed by atoms with Crippen LogP contribution in [0.15, 0.2) is 66.7 Å². The molecule has 3 rings (SSSR count). The van der Waals surface area contributed by atoms with Gasteiger partial charge in [0.05, 0.1) is 11.6 Å². The number of hydrogen-bond donors (Lipinski definition) is 1. The van der Waals surface area contributed by atoms with Crippen LogP contribution in [0.1, 0.15) is 11.1 Å². The van der Waals surface area contributed by atoms with Crippen LogP contribution in [0.25, 0.3) is 10.8 Å². The van der Waals surface area contributed by atoms with Gasteiger partial charge in [0.15, 0.2) is 0 Å². The molecule has 0 aromatic heterocycles. The maximum Gasteiger partial charge on any atom is 0.322 e. The van der Waals surface area contributed by atoms with Gasteiger partial charge in [0, 0.05) is 25.3 Å². The van der Waals surface area contributed by atoms with Gasteiger partial charge in [-0.05, 0) is 48.6 Å². The molecule has 2 amide bonds. The summed E-state index contributed by atoms with van der Waals surface area (Å²) in [7, 11) is 3.98. The summed E-state index contributed by atoms with van der Waals surface area (Å²) in [6, 6.07) is 23.2. The number of urea groups is 1. The fraction of sp³-hybridized carbons (Fsp3) is 0.217. The molecule has 0 radical (unpaired) electrons. The second-order valence-electron chi connectivity index (χ2n) is 6.99. The van der Waals surface area contributed by atoms with Gasteiger partial charge in [0.25, 0.3) is 0 Å². The number of benzene rings is 3. The molecule has 0 heterocycles. The number of amides is 2. The molecule has 0 fully saturated rings. The number of carbonyl (C=O) groups excluding carboxylic acids is 1. The molecular formula is C23H24N4O. The lowest BCUT2D eigenvalue weighted by molar-refractivity contribution is 0.202. The highest BCUT2D eigenvalue weighted by molar-refractivity contribution is 5.90. The van der Waals surface area contributed by atoms with Crippen molar-refractivity contribution in [2.75, 3.05) is 32.5 Å². The van der Waals surface area contributed by atoms with Gasteiger partial charge in [-0.2, -0.15) is 5.26 Å². The first-order chi connectivity index (χ1) is 13.6. The van der Waals surface area contributed by atoms with Crippen molar-refractivity contribution in [3.05, 3.63) is 77.9 Å². The zero-order valence-corrected chi connectivity index (χ0v) is 16.2. The van der Waals surface area contributed by atoms with E-state index in [1.165, 1.54) is 0 Å². The summed E-state index contributed by atoms with van der Waals surface area (Å²) in [5.74, 6) is 0. The molecule has 142 valence electrons. The summed E-state index contributed by atoms with van der Waals surface area (Å²) < 4.78 is 0. The number of nitriles is 1. The summed E-state index contributed by atoms with van der Waals surface area (Å²) in [5, 5.41) is 14.3. The number of rotatable bonds is 6. The first kappa shape index (κ1) is 19.4. The van der Waals surface area contributed by atoms with Gasteiger partial charge < -0.3 is 15.1 Å². The molecule has 0 aliphatic heterocycles. The molecule has 0 unspecified atom stereocenters. The van der Waals surface area contributed by atoms with Crippen molar-refractivity contribution in [2.45, 2.75) is 6.54 Å². The third-order valence-electron chi connectivity index (χ3n) is 4.59. The Morgan fingerprint density at radius 3 is 2.54 bits per heavy atom. The minimum Gasteiger partial charge on any atom is -0.319 e. The molecule has 5 heteroatoms. The monoisotopic (exact) mass is 372 g/mol. The highest BCUT2D eigenvalue weighted by Gasteiger charge is 2.16. The molecule has 0 spiro atoms. The van der Waals surface area contributed by atoms with Gasteiger partial charge in [-0.25, -0.2) is 4.79 Å². The van der Waals surface area contributed by atoms with E-state index in [-0.39, 0.29) is 6.03 Å². The van der Waals surface area contributed by atoms with Crippen LogP contribution in [0.5, 0.6) is 0 Å². The Kier molecular flexibility index (Phi) is 6.25. The van der Waals surface area contributed by atoms with Crippen molar-refractivity contribution >= 4 is 22.5 Å². The van der Waals surface area contributed by atoms with Crippen molar-refractivity contribution in [2.24, 2.45) is 0 Å². The van der Waals surface area contributed by atoms with E-state index in [1.54, 1.807) is 29.2 Å². The van der Waals surface area contributed by atoms with Crippen LogP contribution < -0.4 is 5.32 Å². The quantitative estimate of drug-likeness (QED) is 0.701. The zero-order valence-electron chi connectivity index (χ0n) is 16.2. The number of hydrogen-bond acceptors (Lipinski definition) is 3. The van der Waals surface area contributed by atoms with E-state index in [0.29, 0.717) is 24.3 Å². The molecular weight excluding hydrogens is 348 g/mol. The van der Waals surface area contributed by atoms with Crippen molar-refractivity contribution in [1.82, 2.24) is 9.80 Å². The fourth-order valence-electron chi connectivity index (χ4n) is 3.08. The van der Waals surface area contributed by atoms with Gasteiger partial charge in [-0.15, -0.1) is 0 Å². The van der Waals surface area contributed by atoms with E-state index >= 15 is 0 Å². The van der Waals surface area contributed by atoms with Crippen molar-refractivity contribution in [1.29, 1.82) is 5.26 Å². The third kappa shape index (κ3) is 4.87. The van der Waals surface area contributed by atoms with Crippen LogP contribution in [-0.2, 0) is 6.54 Å². The van der Waals surface area contributed by atoms with E-state index in [2.05, 4.69) is 40.6 Å². The van der Waals surface area contributed by atoms with Gasteiger partial charge in [-0.3, -0.25) is 0 Å². The highest BCUT2D eigenvalue weighted by Crippen LogP contribution is 2.20. The minimum atomic E-state index is -0.176. The van der Waals surface area contributed by atoms with Gasteiger partial charge in [-0.1, -0.05) is 48.5 Å². The maximum absolute atomic E-state index is 13.0. The Bertz CT molecular complexity index is 1000. The summed E-state index contributed by atoms with van der Waals surface area (Å²) in [6.07, 6.45) is 0. The summed E-state index contributed by atoms with van der Waals surface area (Å²) in [6.45, 7) is 1.87. The number of nitrogens with one attached hydrogen (secondary N) is 1. The molecule has 5 nitrogen and oxygen atoms in total. The number of carbonyl (C=O) groups is 1. The Balaban J connectivity index is 1.83. The molecule has 0 saturated carbocycles. The van der Waals surface area contributed by atoms with Crippen LogP contribution in [0.3, 0.4) is 0 Å². The van der Waals surface area contributed by atoms with Crippen LogP contribution in [0.2, 0.25) is 0 Å². The fourth-order valence-corrected chi connectivity index (χ4v) is 3.08. The standard InChI is InChI=1S/C23H24N4O/c1-26(2)13-14-27(23(28)25-21-11-5-7-18(15-21)16-24)17-20-10-6-9-19-8-3-4-12-22(19)20/h3-12,15H,13-14,17H2,1-2H3,(H,25,28). The normalized spacial score (nSPS) is 10.6. The third-order valence-corrected chi connectivity index (χ3v) is 4.59. The second kappa shape index (κ2) is 9.03. The molecule has 0 bridgehead atoms. The van der Waals surface area contributed by atoms with Crippen molar-refractivity contribution in [3.8, 4) is 6.07 Å². The Morgan fingerprint density at radius 1 is 1.00 bits per heavy atom. The van der Waals surface area contributed by atoms with Crippen LogP contribution in [-0.4, -0.2) is 43.0 Å². The second-order valence-corrected chi connectivity index (χ2v) is 6.99. The Morgan fingerprint density at radius 2 is 1.75 bits per heavy atom. The van der Waals surface area contributed by atoms with Crippen LogP contribution in [0.4, 0.5) is 10.5 Å². The highest BCUT2D eigenvalue weighted by atomic mass is 16.2. The summed E-state index contributed by atoms with van der Waals surface area (Å²) >= 11 is 0. The van der Waals surface area contributed by atoms with E-state index < -0.39 is 0 Å². The Labute approximate surface area is 165 Å². The molecule has 3 aromatic carbocycles. The molecule has 0 aliphatic rings. The molecule has 1 N–H and O–H groups in total. The number of likely N-dealkylation sites (N-methyl/N-ethyl adjacent to an activating group) is 1. The average molecular weight is 372 g/mol. The van der Waals surface area contributed by atoms with E-state index in [4.69, 9.17) is 5.26 Å². The van der Waals surface area contributed by atoms with Gasteiger partial charge in [0.1, 0.15) is 0 Å². The predicted molar refractivity (Wildman–Crippen MR) is 113 cm³/mol. The summed E-state index contributed by atoms with van der Waals surface area (Å²) in [4.78, 5) is 16.8. The first-order valence-corrected chi connectivity index (χ1v) is 9.24. The lowest BCUT2D eigenvalue weighted by Gasteiger charge is -2.25. The van der Waals surface area contributed by atoms with Crippen LogP contribution >= 0.6 is 0 Å². The molecule has 0 saturated heterocycles. The van der Waals surface area contributed by atoms with E-state index in [1.807, 2.05) is 32.3 Å². The number of nitrogens with zero attached hydrogens (tertiary/aromatic N) is 3. The maximum atomic E-state index is 13.0. The Hall–Kier alpha value is -3.36. The summed E-state index contributed by atoms with van der Waals surface area (Å²) in [5.41, 5.74) is 2.25. The molecule has 3 aromatic rings. The first-order valence-electron chi connectivity index (χ1n) is 9.24. The smallest absolute Gasteiger partial charge is 0.319 e. The van der Waals surface area contributed by atoms with Crippen molar-refractivity contribution < 1.29 is 4.79 Å². The van der Waals surface area contributed by atoms with Gasteiger partial charge >= 0.3 is 6.03 Å². The minimum absolute atomic E-state index is 0.176. The average Bonchev–Trinajstić information content (AvgIpc) is 2.71.